The van der Waals surface area contributed by atoms with Crippen LogP contribution in [-0.2, 0) is 16.0 Å². The molecule has 0 aliphatic heterocycles. The third kappa shape index (κ3) is 4.47. The summed E-state index contributed by atoms with van der Waals surface area (Å²) < 4.78 is 10.1. The average molecular weight is 392 g/mol. The molecule has 0 radical (unpaired) electrons. The van der Waals surface area contributed by atoms with E-state index < -0.39 is 0 Å². The number of esters is 1. The lowest BCUT2D eigenvalue weighted by Gasteiger charge is -1.97. The molecule has 0 saturated heterocycles. The molecule has 0 saturated carbocycles. The molecule has 9 heteroatoms. The largest absolute Gasteiger partial charge is 0.479 e. The number of ether oxygens (including phenoxy) is 1. The smallest absolute Gasteiger partial charge is 0.312 e. The van der Waals surface area contributed by atoms with Crippen LogP contribution in [-0.4, -0.2) is 33.9 Å². The van der Waals surface area contributed by atoms with E-state index in [9.17, 15) is 9.90 Å². The summed E-state index contributed by atoms with van der Waals surface area (Å²) in [4.78, 5) is 24.0. The number of thiazole rings is 1. The second-order valence-electron chi connectivity index (χ2n) is 5.08. The van der Waals surface area contributed by atoms with Gasteiger partial charge in [-0.3, -0.25) is 4.79 Å². The molecule has 0 unspecified atom stereocenters. The lowest BCUT2D eigenvalue weighted by atomic mass is 10.2. The number of aromatic hydroxyl groups is 1. The summed E-state index contributed by atoms with van der Waals surface area (Å²) in [7, 11) is 0. The van der Waals surface area contributed by atoms with E-state index in [0.29, 0.717) is 28.0 Å². The van der Waals surface area contributed by atoms with Gasteiger partial charge in [0.05, 0.1) is 24.9 Å². The molecule has 2 aromatic heterocycles. The van der Waals surface area contributed by atoms with Crippen molar-refractivity contribution in [3.8, 4) is 17.4 Å². The van der Waals surface area contributed by atoms with E-state index in [1.54, 1.807) is 36.6 Å². The van der Waals surface area contributed by atoms with Gasteiger partial charge in [-0.25, -0.2) is 15.0 Å². The highest BCUT2D eigenvalue weighted by Crippen LogP contribution is 2.27. The van der Waals surface area contributed by atoms with Crippen LogP contribution in [0.2, 0.25) is 5.02 Å². The lowest BCUT2D eigenvalue weighted by molar-refractivity contribution is -0.142. The Labute approximate surface area is 158 Å². The third-order valence-electron chi connectivity index (χ3n) is 3.19. The Bertz CT molecular complexity index is 934. The Morgan fingerprint density at radius 2 is 2.15 bits per heavy atom. The summed E-state index contributed by atoms with van der Waals surface area (Å²) in [6, 6.07) is 6.87. The van der Waals surface area contributed by atoms with Crippen LogP contribution in [0, 0.1) is 0 Å². The predicted octanol–water partition coefficient (Wildman–Crippen LogP) is 4.01. The van der Waals surface area contributed by atoms with Crippen molar-refractivity contribution >= 4 is 40.3 Å². The molecule has 0 aliphatic carbocycles. The van der Waals surface area contributed by atoms with Gasteiger partial charge in [-0.1, -0.05) is 11.6 Å². The SMILES string of the molecule is CCOC(=O)Cc1csc(/N=C/c2nc(-c3ccc(Cl)cc3)oc2O)n1. The van der Waals surface area contributed by atoms with Gasteiger partial charge in [0, 0.05) is 16.0 Å². The number of aromatic nitrogens is 2. The molecule has 134 valence electrons. The van der Waals surface area contributed by atoms with Crippen LogP contribution in [0.25, 0.3) is 11.5 Å². The standard InChI is InChI=1S/C17H14ClN3O4S/c1-2-24-14(22)7-12-9-26-17(20-12)19-8-13-16(23)25-15(21-13)10-3-5-11(18)6-4-10/h3-6,8-9,23H,2,7H2,1H3/b19-8+. The van der Waals surface area contributed by atoms with Gasteiger partial charge in [0.1, 0.15) is 0 Å². The maximum absolute atomic E-state index is 11.4. The monoisotopic (exact) mass is 391 g/mol. The van der Waals surface area contributed by atoms with Crippen molar-refractivity contribution in [2.45, 2.75) is 13.3 Å². The molecular weight excluding hydrogens is 378 g/mol. The highest BCUT2D eigenvalue weighted by atomic mass is 35.5. The first kappa shape index (κ1) is 18.1. The summed E-state index contributed by atoms with van der Waals surface area (Å²) in [5.74, 6) is -0.431. The number of halogens is 1. The van der Waals surface area contributed by atoms with Crippen LogP contribution < -0.4 is 0 Å². The molecule has 0 atom stereocenters. The highest BCUT2D eigenvalue weighted by molar-refractivity contribution is 7.13. The second kappa shape index (κ2) is 8.11. The van der Waals surface area contributed by atoms with E-state index >= 15 is 0 Å². The molecule has 0 fully saturated rings. The molecule has 7 nitrogen and oxygen atoms in total. The molecular formula is C17H14ClN3O4S. The van der Waals surface area contributed by atoms with Gasteiger partial charge < -0.3 is 14.3 Å². The zero-order chi connectivity index (χ0) is 18.5. The molecule has 0 spiro atoms. The van der Waals surface area contributed by atoms with Crippen LogP contribution in [0.4, 0.5) is 5.13 Å². The Hall–Kier alpha value is -2.71. The molecule has 1 N–H and O–H groups in total. The normalized spacial score (nSPS) is 11.2. The number of oxazole rings is 1. The number of carbonyl (C=O) groups is 1. The van der Waals surface area contributed by atoms with Gasteiger partial charge >= 0.3 is 11.9 Å². The van der Waals surface area contributed by atoms with E-state index in [1.807, 2.05) is 0 Å². The number of hydrogen-bond donors (Lipinski definition) is 1. The van der Waals surface area contributed by atoms with Gasteiger partial charge in [0.2, 0.25) is 11.0 Å². The Morgan fingerprint density at radius 1 is 1.38 bits per heavy atom. The predicted molar refractivity (Wildman–Crippen MR) is 98.3 cm³/mol. The van der Waals surface area contributed by atoms with Crippen molar-refractivity contribution in [3.05, 3.63) is 46.1 Å². The van der Waals surface area contributed by atoms with Crippen molar-refractivity contribution in [2.24, 2.45) is 4.99 Å². The minimum absolute atomic E-state index is 0.0930. The molecule has 0 aliphatic rings. The fourth-order valence-electron chi connectivity index (χ4n) is 2.04. The van der Waals surface area contributed by atoms with E-state index in [1.165, 1.54) is 17.6 Å². The second-order valence-corrected chi connectivity index (χ2v) is 6.35. The van der Waals surface area contributed by atoms with Gasteiger partial charge in [-0.05, 0) is 31.2 Å². The van der Waals surface area contributed by atoms with Crippen LogP contribution in [0.1, 0.15) is 18.3 Å². The van der Waals surface area contributed by atoms with E-state index in [4.69, 9.17) is 20.8 Å². The Morgan fingerprint density at radius 3 is 2.88 bits per heavy atom. The minimum atomic E-state index is -0.345. The fraction of sp³-hybridized carbons (Fsp3) is 0.176. The third-order valence-corrected chi connectivity index (χ3v) is 4.24. The van der Waals surface area contributed by atoms with E-state index in [-0.39, 0.29) is 29.9 Å². The first-order valence-corrected chi connectivity index (χ1v) is 8.90. The molecule has 3 rings (SSSR count). The van der Waals surface area contributed by atoms with E-state index in [2.05, 4.69) is 15.0 Å². The Balaban J connectivity index is 1.72. The minimum Gasteiger partial charge on any atom is -0.479 e. The summed E-state index contributed by atoms with van der Waals surface area (Å²) in [6.07, 6.45) is 1.45. The number of aliphatic imine (C=N–C) groups is 1. The zero-order valence-corrected chi connectivity index (χ0v) is 15.3. The number of nitrogens with zero attached hydrogens (tertiary/aromatic N) is 3. The molecule has 0 bridgehead atoms. The van der Waals surface area contributed by atoms with Gasteiger partial charge in [-0.15, -0.1) is 11.3 Å². The maximum atomic E-state index is 11.4. The van der Waals surface area contributed by atoms with E-state index in [0.717, 1.165) is 0 Å². The van der Waals surface area contributed by atoms with Crippen molar-refractivity contribution in [1.29, 1.82) is 0 Å². The van der Waals surface area contributed by atoms with Crippen molar-refractivity contribution in [1.82, 2.24) is 9.97 Å². The summed E-state index contributed by atoms with van der Waals surface area (Å²) in [6.45, 7) is 2.08. The number of benzene rings is 1. The van der Waals surface area contributed by atoms with Gasteiger partial charge in [-0.2, -0.15) is 0 Å². The fourth-order valence-corrected chi connectivity index (χ4v) is 2.82. The summed E-state index contributed by atoms with van der Waals surface area (Å²) >= 11 is 7.12. The van der Waals surface area contributed by atoms with Crippen LogP contribution in [0.15, 0.2) is 39.1 Å². The average Bonchev–Trinajstić information content (AvgIpc) is 3.20. The highest BCUT2D eigenvalue weighted by Gasteiger charge is 2.13. The lowest BCUT2D eigenvalue weighted by Crippen LogP contribution is -2.07. The summed E-state index contributed by atoms with van der Waals surface area (Å²) in [5, 5.41) is 12.6. The first-order valence-electron chi connectivity index (χ1n) is 7.65. The number of carbonyl (C=O) groups excluding carboxylic acids is 1. The maximum Gasteiger partial charge on any atom is 0.312 e. The van der Waals surface area contributed by atoms with Crippen LogP contribution in [0.5, 0.6) is 5.95 Å². The topological polar surface area (TPSA) is 97.8 Å². The molecule has 2 heterocycles. The summed E-state index contributed by atoms with van der Waals surface area (Å²) in [5.41, 5.74) is 1.43. The first-order chi connectivity index (χ1) is 12.5. The number of hydrogen-bond acceptors (Lipinski definition) is 8. The van der Waals surface area contributed by atoms with Crippen molar-refractivity contribution < 1.29 is 19.1 Å². The molecule has 1 aromatic carbocycles. The zero-order valence-electron chi connectivity index (χ0n) is 13.7. The van der Waals surface area contributed by atoms with Crippen molar-refractivity contribution in [3.63, 3.8) is 0 Å². The molecule has 3 aromatic rings. The Kier molecular flexibility index (Phi) is 5.65. The van der Waals surface area contributed by atoms with Gasteiger partial charge in [0.15, 0.2) is 5.69 Å². The van der Waals surface area contributed by atoms with Crippen LogP contribution >= 0.6 is 22.9 Å². The van der Waals surface area contributed by atoms with Crippen molar-refractivity contribution in [2.75, 3.05) is 6.61 Å². The number of rotatable bonds is 6. The molecule has 26 heavy (non-hydrogen) atoms. The quantitative estimate of drug-likeness (QED) is 0.503. The van der Waals surface area contributed by atoms with Crippen LogP contribution in [0.3, 0.4) is 0 Å². The van der Waals surface area contributed by atoms with Gasteiger partial charge in [0.25, 0.3) is 0 Å². The molecule has 0 amide bonds.